The van der Waals surface area contributed by atoms with Gasteiger partial charge in [-0.15, -0.1) is 0 Å². The molecule has 2 N–H and O–H groups in total. The van der Waals surface area contributed by atoms with Crippen molar-refractivity contribution in [3.05, 3.63) is 215 Å². The van der Waals surface area contributed by atoms with E-state index in [9.17, 15) is 10.2 Å². The zero-order valence-electron chi connectivity index (χ0n) is 25.6. The zero-order chi connectivity index (χ0) is 31.7. The van der Waals surface area contributed by atoms with Gasteiger partial charge in [0.05, 0.1) is 34.5 Å². The first-order chi connectivity index (χ1) is 22.8. The van der Waals surface area contributed by atoms with Crippen molar-refractivity contribution in [1.29, 1.82) is 0 Å². The van der Waals surface area contributed by atoms with Gasteiger partial charge in [0.1, 0.15) is 0 Å². The Bertz CT molecular complexity index is 1420. The van der Waals surface area contributed by atoms with Crippen LogP contribution >= 0.6 is 21.6 Å². The van der Waals surface area contributed by atoms with Crippen molar-refractivity contribution in [3.63, 3.8) is 0 Å². The fraction of sp³-hybridized carbons (Fsp3) is 0.143. The van der Waals surface area contributed by atoms with Crippen LogP contribution in [0.15, 0.2) is 182 Å². The lowest BCUT2D eigenvalue weighted by molar-refractivity contribution is 0.271. The Morgan fingerprint density at radius 2 is 0.500 bits per heavy atom. The summed E-state index contributed by atoms with van der Waals surface area (Å²) in [6.07, 6.45) is 0. The SMILES string of the molecule is OCC(SSC(CO)C(c1ccccc1)(c1ccccc1)c1ccccc1)C(c1ccccc1)(c1ccccc1)c1ccccc1. The second kappa shape index (κ2) is 15.0. The van der Waals surface area contributed by atoms with Crippen LogP contribution in [-0.4, -0.2) is 33.9 Å². The van der Waals surface area contributed by atoms with Crippen LogP contribution < -0.4 is 0 Å². The first kappa shape index (κ1) is 31.9. The number of aliphatic hydroxyl groups excluding tert-OH is 2. The Morgan fingerprint density at radius 1 is 0.326 bits per heavy atom. The van der Waals surface area contributed by atoms with Gasteiger partial charge < -0.3 is 10.2 Å². The monoisotopic (exact) mass is 638 g/mol. The van der Waals surface area contributed by atoms with Crippen molar-refractivity contribution in [2.45, 2.75) is 21.3 Å². The van der Waals surface area contributed by atoms with Gasteiger partial charge in [0.15, 0.2) is 0 Å². The molecule has 0 saturated heterocycles. The van der Waals surface area contributed by atoms with Crippen LogP contribution in [0.2, 0.25) is 0 Å². The molecule has 0 aliphatic rings. The lowest BCUT2D eigenvalue weighted by Gasteiger charge is -2.44. The van der Waals surface area contributed by atoms with Crippen molar-refractivity contribution in [1.82, 2.24) is 0 Å². The number of benzene rings is 6. The predicted octanol–water partition coefficient (Wildman–Crippen LogP) is 9.16. The molecule has 6 rings (SSSR count). The lowest BCUT2D eigenvalue weighted by atomic mass is 9.67. The van der Waals surface area contributed by atoms with E-state index in [-0.39, 0.29) is 23.7 Å². The van der Waals surface area contributed by atoms with Gasteiger partial charge in [-0.25, -0.2) is 0 Å². The Labute approximate surface area is 280 Å². The molecule has 6 aromatic rings. The summed E-state index contributed by atoms with van der Waals surface area (Å²) in [5, 5.41) is 22.2. The predicted molar refractivity (Wildman–Crippen MR) is 195 cm³/mol. The number of rotatable bonds is 13. The molecule has 0 amide bonds. The third-order valence-electron chi connectivity index (χ3n) is 8.96. The van der Waals surface area contributed by atoms with Gasteiger partial charge in [0.2, 0.25) is 0 Å². The molecular formula is C42H38O2S2. The molecule has 230 valence electrons. The summed E-state index contributed by atoms with van der Waals surface area (Å²) in [6, 6.07) is 63.1. The third-order valence-corrected chi connectivity index (χ3v) is 12.3. The molecule has 0 bridgehead atoms. The number of hydrogen-bond donors (Lipinski definition) is 2. The van der Waals surface area contributed by atoms with Crippen LogP contribution in [0.5, 0.6) is 0 Å². The fourth-order valence-electron chi connectivity index (χ4n) is 6.93. The number of aliphatic hydroxyl groups is 2. The van der Waals surface area contributed by atoms with E-state index in [0.717, 1.165) is 33.4 Å². The molecule has 2 nitrogen and oxygen atoms in total. The van der Waals surface area contributed by atoms with E-state index in [1.807, 2.05) is 36.4 Å². The summed E-state index contributed by atoms with van der Waals surface area (Å²) in [5.74, 6) is 0. The van der Waals surface area contributed by atoms with Crippen LogP contribution in [0, 0.1) is 0 Å². The van der Waals surface area contributed by atoms with Crippen LogP contribution in [0.4, 0.5) is 0 Å². The molecule has 0 radical (unpaired) electrons. The summed E-state index contributed by atoms with van der Waals surface area (Å²) < 4.78 is 0. The molecule has 46 heavy (non-hydrogen) atoms. The minimum absolute atomic E-state index is 0.0660. The zero-order valence-corrected chi connectivity index (χ0v) is 27.2. The first-order valence-corrected chi connectivity index (χ1v) is 17.9. The Balaban J connectivity index is 1.53. The van der Waals surface area contributed by atoms with E-state index in [2.05, 4.69) is 146 Å². The molecule has 0 heterocycles. The van der Waals surface area contributed by atoms with Crippen molar-refractivity contribution in [3.8, 4) is 0 Å². The Kier molecular flexibility index (Phi) is 10.4. The highest BCUT2D eigenvalue weighted by atomic mass is 33.1. The molecule has 6 aromatic carbocycles. The van der Waals surface area contributed by atoms with Gasteiger partial charge in [-0.05, 0) is 33.4 Å². The quantitative estimate of drug-likeness (QED) is 0.0978. The van der Waals surface area contributed by atoms with Gasteiger partial charge in [-0.2, -0.15) is 0 Å². The van der Waals surface area contributed by atoms with Gasteiger partial charge in [-0.1, -0.05) is 204 Å². The highest BCUT2D eigenvalue weighted by Crippen LogP contribution is 2.54. The van der Waals surface area contributed by atoms with Crippen molar-refractivity contribution in [2.24, 2.45) is 0 Å². The maximum atomic E-state index is 11.4. The van der Waals surface area contributed by atoms with E-state index in [0.29, 0.717) is 0 Å². The molecule has 0 aliphatic heterocycles. The molecule has 0 aliphatic carbocycles. The van der Waals surface area contributed by atoms with Crippen molar-refractivity contribution < 1.29 is 10.2 Å². The normalized spacial score (nSPS) is 13.2. The summed E-state index contributed by atoms with van der Waals surface area (Å²) in [5.41, 5.74) is 5.35. The topological polar surface area (TPSA) is 40.5 Å². The summed E-state index contributed by atoms with van der Waals surface area (Å²) in [4.78, 5) is 0. The van der Waals surface area contributed by atoms with Crippen LogP contribution in [0.1, 0.15) is 33.4 Å². The van der Waals surface area contributed by atoms with E-state index >= 15 is 0 Å². The molecule has 2 atom stereocenters. The minimum atomic E-state index is -0.662. The van der Waals surface area contributed by atoms with Gasteiger partial charge in [0, 0.05) is 0 Å². The number of hydrogen-bond acceptors (Lipinski definition) is 4. The van der Waals surface area contributed by atoms with Crippen LogP contribution in [0.3, 0.4) is 0 Å². The van der Waals surface area contributed by atoms with E-state index in [1.165, 1.54) is 0 Å². The van der Waals surface area contributed by atoms with Crippen LogP contribution in [-0.2, 0) is 10.8 Å². The fourth-order valence-corrected chi connectivity index (χ4v) is 10.5. The molecule has 0 fully saturated rings. The van der Waals surface area contributed by atoms with E-state index in [4.69, 9.17) is 0 Å². The molecular weight excluding hydrogens is 601 g/mol. The van der Waals surface area contributed by atoms with Crippen molar-refractivity contribution in [2.75, 3.05) is 13.2 Å². The maximum Gasteiger partial charge on any atom is 0.0600 e. The van der Waals surface area contributed by atoms with Gasteiger partial charge in [-0.3, -0.25) is 0 Å². The Hall–Kier alpha value is -4.06. The van der Waals surface area contributed by atoms with Gasteiger partial charge in [0.25, 0.3) is 0 Å². The first-order valence-electron chi connectivity index (χ1n) is 15.6. The van der Waals surface area contributed by atoms with E-state index in [1.54, 1.807) is 21.6 Å². The largest absolute Gasteiger partial charge is 0.395 e. The summed E-state index contributed by atoms with van der Waals surface area (Å²) in [7, 11) is 3.33. The van der Waals surface area contributed by atoms with Gasteiger partial charge >= 0.3 is 0 Å². The molecule has 0 spiro atoms. The highest BCUT2D eigenvalue weighted by molar-refractivity contribution is 8.77. The standard InChI is InChI=1S/C42H38O2S2/c43-31-39(41(33-19-7-1-8-20-33,34-21-9-2-10-22-34)35-23-11-3-12-24-35)45-46-40(32-44)42(36-25-13-4-14-26-36,37-27-15-5-16-28-37)38-29-17-6-18-30-38/h1-30,39-40,43-44H,31-32H2. The average molecular weight is 639 g/mol. The minimum Gasteiger partial charge on any atom is -0.395 e. The van der Waals surface area contributed by atoms with E-state index < -0.39 is 10.8 Å². The second-order valence-corrected chi connectivity index (χ2v) is 14.0. The smallest absolute Gasteiger partial charge is 0.0600 e. The Morgan fingerprint density at radius 3 is 0.652 bits per heavy atom. The average Bonchev–Trinajstić information content (AvgIpc) is 3.15. The highest BCUT2D eigenvalue weighted by Gasteiger charge is 2.48. The van der Waals surface area contributed by atoms with Crippen LogP contribution in [0.25, 0.3) is 0 Å². The molecule has 4 heteroatoms. The second-order valence-electron chi connectivity index (χ2n) is 11.3. The lowest BCUT2D eigenvalue weighted by Crippen LogP contribution is -2.44. The molecule has 2 unspecified atom stereocenters. The summed E-state index contributed by atoms with van der Waals surface area (Å²) >= 11 is 0. The molecule has 0 aromatic heterocycles. The maximum absolute atomic E-state index is 11.4. The molecule has 0 saturated carbocycles. The van der Waals surface area contributed by atoms with Crippen molar-refractivity contribution >= 4 is 21.6 Å². The summed E-state index contributed by atoms with van der Waals surface area (Å²) in [6.45, 7) is -0.132. The third kappa shape index (κ3) is 5.94.